The van der Waals surface area contributed by atoms with E-state index in [-0.39, 0.29) is 0 Å². The highest BCUT2D eigenvalue weighted by atomic mass is 15.2. The molecule has 0 amide bonds. The zero-order valence-electron chi connectivity index (χ0n) is 10.9. The van der Waals surface area contributed by atoms with Gasteiger partial charge in [0.15, 0.2) is 0 Å². The van der Waals surface area contributed by atoms with Crippen LogP contribution in [0.3, 0.4) is 0 Å². The lowest BCUT2D eigenvalue weighted by Crippen LogP contribution is -2.31. The Morgan fingerprint density at radius 3 is 2.58 bits per heavy atom. The number of hydrogen-bond acceptors (Lipinski definition) is 4. The molecule has 0 fully saturated rings. The number of hydrogen-bond donors (Lipinski definition) is 1. The van der Waals surface area contributed by atoms with Crippen LogP contribution in [0.2, 0.25) is 0 Å². The van der Waals surface area contributed by atoms with Gasteiger partial charge in [-0.1, -0.05) is 24.3 Å². The van der Waals surface area contributed by atoms with Gasteiger partial charge in [0.1, 0.15) is 0 Å². The fourth-order valence-electron chi connectivity index (χ4n) is 2.47. The normalized spacial score (nSPS) is 14.3. The second-order valence-electron chi connectivity index (χ2n) is 4.87. The lowest BCUT2D eigenvalue weighted by atomic mass is 10.0. The molecular weight excluding hydrogens is 236 g/mol. The van der Waals surface area contributed by atoms with Crippen LogP contribution >= 0.6 is 0 Å². The van der Waals surface area contributed by atoms with Crippen molar-refractivity contribution in [2.45, 2.75) is 19.4 Å². The van der Waals surface area contributed by atoms with Gasteiger partial charge in [-0.3, -0.25) is 0 Å². The van der Waals surface area contributed by atoms with Gasteiger partial charge in [-0.25, -0.2) is 9.97 Å². The number of benzene rings is 1. The molecule has 2 heterocycles. The maximum Gasteiger partial charge on any atom is 0.225 e. The minimum absolute atomic E-state index is 0.639. The van der Waals surface area contributed by atoms with Crippen molar-refractivity contribution in [2.24, 2.45) is 5.73 Å². The summed E-state index contributed by atoms with van der Waals surface area (Å²) < 4.78 is 0. The van der Waals surface area contributed by atoms with E-state index in [1.54, 1.807) is 0 Å². The van der Waals surface area contributed by atoms with Crippen molar-refractivity contribution in [1.82, 2.24) is 9.97 Å². The number of aromatic nitrogens is 2. The van der Waals surface area contributed by atoms with Gasteiger partial charge in [0, 0.05) is 25.5 Å². The van der Waals surface area contributed by atoms with Gasteiger partial charge in [-0.15, -0.1) is 0 Å². The third kappa shape index (κ3) is 2.58. The van der Waals surface area contributed by atoms with E-state index in [0.717, 1.165) is 37.4 Å². The van der Waals surface area contributed by atoms with E-state index in [4.69, 9.17) is 5.73 Å². The van der Waals surface area contributed by atoms with Gasteiger partial charge in [0.2, 0.25) is 5.95 Å². The first-order valence-corrected chi connectivity index (χ1v) is 6.69. The first-order chi connectivity index (χ1) is 9.36. The molecule has 19 heavy (non-hydrogen) atoms. The second-order valence-corrected chi connectivity index (χ2v) is 4.87. The monoisotopic (exact) mass is 254 g/mol. The number of anilines is 1. The zero-order chi connectivity index (χ0) is 13.1. The van der Waals surface area contributed by atoms with E-state index >= 15 is 0 Å². The van der Waals surface area contributed by atoms with Crippen molar-refractivity contribution in [3.8, 4) is 0 Å². The van der Waals surface area contributed by atoms with Crippen molar-refractivity contribution >= 4 is 5.95 Å². The summed E-state index contributed by atoms with van der Waals surface area (Å²) in [5.41, 5.74) is 9.45. The van der Waals surface area contributed by atoms with Crippen molar-refractivity contribution in [3.63, 3.8) is 0 Å². The molecule has 2 aromatic rings. The highest BCUT2D eigenvalue weighted by Crippen LogP contribution is 2.21. The number of fused-ring (bicyclic) bond motifs is 1. The summed E-state index contributed by atoms with van der Waals surface area (Å²) in [6.45, 7) is 2.51. The average Bonchev–Trinajstić information content (AvgIpc) is 2.48. The molecule has 1 aromatic heterocycles. The molecule has 1 aromatic carbocycles. The van der Waals surface area contributed by atoms with Gasteiger partial charge in [0.25, 0.3) is 0 Å². The van der Waals surface area contributed by atoms with Crippen LogP contribution in [0, 0.1) is 0 Å². The summed E-state index contributed by atoms with van der Waals surface area (Å²) >= 11 is 0. The smallest absolute Gasteiger partial charge is 0.225 e. The van der Waals surface area contributed by atoms with Crippen LogP contribution in [0.25, 0.3) is 0 Å². The Balaban J connectivity index is 1.77. The van der Waals surface area contributed by atoms with Crippen LogP contribution in [-0.2, 0) is 19.4 Å². The Morgan fingerprint density at radius 1 is 1.11 bits per heavy atom. The molecule has 1 aliphatic rings. The molecule has 2 N–H and O–H groups in total. The summed E-state index contributed by atoms with van der Waals surface area (Å²) in [5.74, 6) is 0.815. The Bertz CT molecular complexity index is 550. The van der Waals surface area contributed by atoms with E-state index in [1.165, 1.54) is 11.1 Å². The lowest BCUT2D eigenvalue weighted by molar-refractivity contribution is 0.706. The average molecular weight is 254 g/mol. The van der Waals surface area contributed by atoms with Crippen LogP contribution in [-0.4, -0.2) is 23.1 Å². The van der Waals surface area contributed by atoms with E-state index in [2.05, 4.69) is 39.1 Å². The Labute approximate surface area is 113 Å². The van der Waals surface area contributed by atoms with E-state index in [9.17, 15) is 0 Å². The molecule has 98 valence electrons. The molecule has 0 spiro atoms. The predicted octanol–water partition coefficient (Wildman–Crippen LogP) is 1.54. The molecule has 0 unspecified atom stereocenters. The molecule has 0 saturated heterocycles. The third-order valence-corrected chi connectivity index (χ3v) is 3.54. The maximum atomic E-state index is 5.53. The molecular formula is C15H18N4. The number of nitrogens with zero attached hydrogens (tertiary/aromatic N) is 3. The summed E-state index contributed by atoms with van der Waals surface area (Å²) in [7, 11) is 0. The van der Waals surface area contributed by atoms with Crippen LogP contribution < -0.4 is 10.6 Å². The standard InChI is InChI=1S/C15H18N4/c16-7-5-12-9-17-15(18-10-12)19-8-6-13-3-1-2-4-14(13)11-19/h1-4,9-10H,5-8,11,16H2. The molecule has 0 radical (unpaired) electrons. The maximum absolute atomic E-state index is 5.53. The van der Waals surface area contributed by atoms with Crippen LogP contribution in [0.4, 0.5) is 5.95 Å². The molecule has 0 atom stereocenters. The molecule has 3 rings (SSSR count). The first kappa shape index (κ1) is 12.1. The largest absolute Gasteiger partial charge is 0.336 e. The number of nitrogens with two attached hydrogens (primary N) is 1. The van der Waals surface area contributed by atoms with Crippen LogP contribution in [0.15, 0.2) is 36.7 Å². The molecule has 0 bridgehead atoms. The van der Waals surface area contributed by atoms with Gasteiger partial charge in [-0.05, 0) is 36.1 Å². The number of rotatable bonds is 3. The fourth-order valence-corrected chi connectivity index (χ4v) is 2.47. The minimum Gasteiger partial charge on any atom is -0.336 e. The van der Waals surface area contributed by atoms with E-state index in [1.807, 2.05) is 12.4 Å². The highest BCUT2D eigenvalue weighted by Gasteiger charge is 2.17. The molecule has 0 aliphatic carbocycles. The molecule has 1 aliphatic heterocycles. The van der Waals surface area contributed by atoms with Crippen LogP contribution in [0.5, 0.6) is 0 Å². The van der Waals surface area contributed by atoms with E-state index < -0.39 is 0 Å². The minimum atomic E-state index is 0.639. The van der Waals surface area contributed by atoms with Gasteiger partial charge in [-0.2, -0.15) is 0 Å². The van der Waals surface area contributed by atoms with Crippen molar-refractivity contribution in [3.05, 3.63) is 53.3 Å². The Kier molecular flexibility index (Phi) is 3.42. The van der Waals surface area contributed by atoms with Crippen molar-refractivity contribution in [1.29, 1.82) is 0 Å². The Hall–Kier alpha value is -1.94. The summed E-state index contributed by atoms with van der Waals surface area (Å²) in [4.78, 5) is 11.1. The summed E-state index contributed by atoms with van der Waals surface area (Å²) in [5, 5.41) is 0. The van der Waals surface area contributed by atoms with Crippen molar-refractivity contribution in [2.75, 3.05) is 18.0 Å². The third-order valence-electron chi connectivity index (χ3n) is 3.54. The zero-order valence-corrected chi connectivity index (χ0v) is 10.9. The van der Waals surface area contributed by atoms with Crippen molar-refractivity contribution < 1.29 is 0 Å². The Morgan fingerprint density at radius 2 is 1.84 bits per heavy atom. The van der Waals surface area contributed by atoms with Gasteiger partial charge in [0.05, 0.1) is 0 Å². The lowest BCUT2D eigenvalue weighted by Gasteiger charge is -2.28. The molecule has 4 nitrogen and oxygen atoms in total. The predicted molar refractivity (Wildman–Crippen MR) is 76.0 cm³/mol. The summed E-state index contributed by atoms with van der Waals surface area (Å²) in [6.07, 6.45) is 5.67. The van der Waals surface area contributed by atoms with Crippen LogP contribution in [0.1, 0.15) is 16.7 Å². The summed E-state index contributed by atoms with van der Waals surface area (Å²) in [6, 6.07) is 8.59. The molecule has 4 heteroatoms. The highest BCUT2D eigenvalue weighted by molar-refractivity contribution is 5.39. The second kappa shape index (κ2) is 5.36. The fraction of sp³-hybridized carbons (Fsp3) is 0.333. The quantitative estimate of drug-likeness (QED) is 0.902. The van der Waals surface area contributed by atoms with Gasteiger partial charge >= 0.3 is 0 Å². The van der Waals surface area contributed by atoms with Gasteiger partial charge < -0.3 is 10.6 Å². The molecule has 0 saturated carbocycles. The SMILES string of the molecule is NCCc1cnc(N2CCc3ccccc3C2)nc1. The first-order valence-electron chi connectivity index (χ1n) is 6.69. The topological polar surface area (TPSA) is 55.0 Å². The van der Waals surface area contributed by atoms with E-state index in [0.29, 0.717) is 6.54 Å².